The average molecular weight is 387 g/mol. The minimum Gasteiger partial charge on any atom is -0.488 e. The third-order valence-corrected chi connectivity index (χ3v) is 4.62. The Morgan fingerprint density at radius 2 is 1.85 bits per heavy atom. The van der Waals surface area contributed by atoms with Gasteiger partial charge in [-0.3, -0.25) is 19.3 Å². The molecule has 0 radical (unpaired) electrons. The van der Waals surface area contributed by atoms with Crippen LogP contribution in [0.3, 0.4) is 0 Å². The number of benzene rings is 2. The highest BCUT2D eigenvalue weighted by atomic mass is 32.2. The second-order valence-corrected chi connectivity index (χ2v) is 6.57. The second kappa shape index (κ2) is 8.05. The maximum Gasteiger partial charge on any atom is 0.323 e. The zero-order valence-electron chi connectivity index (χ0n) is 13.9. The smallest absolute Gasteiger partial charge is 0.323 e. The van der Waals surface area contributed by atoms with E-state index in [9.17, 15) is 18.8 Å². The number of para-hydroxylation sites is 1. The number of hydrogen-bond acceptors (Lipinski definition) is 5. The van der Waals surface area contributed by atoms with Crippen LogP contribution in [0.5, 0.6) is 5.75 Å². The summed E-state index contributed by atoms with van der Waals surface area (Å²) in [6.45, 7) is -0.689. The second-order valence-electron chi connectivity index (χ2n) is 5.58. The molecule has 8 heteroatoms. The number of aliphatic carboxylic acids is 1. The van der Waals surface area contributed by atoms with E-state index in [1.54, 1.807) is 42.5 Å². The third kappa shape index (κ3) is 4.35. The molecule has 0 aliphatic carbocycles. The molecule has 0 spiro atoms. The molecule has 27 heavy (non-hydrogen) atoms. The first-order chi connectivity index (χ1) is 13.0. The number of hydrogen-bond donors (Lipinski definition) is 1. The highest BCUT2D eigenvalue weighted by Gasteiger charge is 2.36. The molecule has 0 saturated carbocycles. The first-order valence-corrected chi connectivity index (χ1v) is 8.70. The van der Waals surface area contributed by atoms with Gasteiger partial charge < -0.3 is 9.84 Å². The molecule has 1 saturated heterocycles. The topological polar surface area (TPSA) is 83.9 Å². The molecular weight excluding hydrogens is 373 g/mol. The molecule has 2 aromatic rings. The van der Waals surface area contributed by atoms with Crippen molar-refractivity contribution in [3.63, 3.8) is 0 Å². The quantitative estimate of drug-likeness (QED) is 0.764. The van der Waals surface area contributed by atoms with Crippen LogP contribution in [0.15, 0.2) is 53.4 Å². The number of ether oxygens (including phenoxy) is 1. The van der Waals surface area contributed by atoms with Gasteiger partial charge in [-0.05, 0) is 30.0 Å². The predicted molar refractivity (Wildman–Crippen MR) is 97.5 cm³/mol. The van der Waals surface area contributed by atoms with Crippen molar-refractivity contribution in [2.45, 2.75) is 6.61 Å². The summed E-state index contributed by atoms with van der Waals surface area (Å²) < 4.78 is 19.4. The van der Waals surface area contributed by atoms with E-state index < -0.39 is 23.7 Å². The van der Waals surface area contributed by atoms with Crippen LogP contribution in [0.4, 0.5) is 9.18 Å². The normalized spacial score (nSPS) is 15.4. The Kier molecular flexibility index (Phi) is 5.56. The summed E-state index contributed by atoms with van der Waals surface area (Å²) >= 11 is 0.664. The van der Waals surface area contributed by atoms with E-state index >= 15 is 0 Å². The van der Waals surface area contributed by atoms with E-state index in [4.69, 9.17) is 9.84 Å². The van der Waals surface area contributed by atoms with Gasteiger partial charge in [0.1, 0.15) is 24.7 Å². The Bertz CT molecular complexity index is 943. The van der Waals surface area contributed by atoms with Crippen LogP contribution in [0.1, 0.15) is 11.1 Å². The number of carboxylic acid groups (broad SMARTS) is 1. The molecule has 138 valence electrons. The van der Waals surface area contributed by atoms with Gasteiger partial charge in [0.2, 0.25) is 0 Å². The molecule has 1 heterocycles. The Balaban J connectivity index is 1.81. The molecule has 2 amide bonds. The standard InChI is InChI=1S/C19H14FNO5S/c20-14-7-3-1-6-13(14)11-26-15-8-4-2-5-12(15)9-16-18(24)21(10-17(22)23)19(25)27-16/h1-9H,10-11H2,(H,22,23)/b16-9+. The zero-order valence-corrected chi connectivity index (χ0v) is 14.7. The van der Waals surface area contributed by atoms with Crippen LogP contribution in [0, 0.1) is 5.82 Å². The SMILES string of the molecule is O=C(O)CN1C(=O)S/C(=C/c2ccccc2OCc2ccccc2F)C1=O. The van der Waals surface area contributed by atoms with Gasteiger partial charge in [0, 0.05) is 11.1 Å². The van der Waals surface area contributed by atoms with Crippen molar-refractivity contribution in [2.75, 3.05) is 6.54 Å². The molecule has 3 rings (SSSR count). The molecule has 1 aliphatic rings. The fraction of sp³-hybridized carbons (Fsp3) is 0.105. The Morgan fingerprint density at radius 3 is 2.59 bits per heavy atom. The number of rotatable bonds is 6. The third-order valence-electron chi connectivity index (χ3n) is 3.71. The molecule has 1 N–H and O–H groups in total. The van der Waals surface area contributed by atoms with Gasteiger partial charge >= 0.3 is 5.97 Å². The summed E-state index contributed by atoms with van der Waals surface area (Å²) in [7, 11) is 0. The van der Waals surface area contributed by atoms with E-state index in [1.165, 1.54) is 12.1 Å². The summed E-state index contributed by atoms with van der Waals surface area (Å²) in [4.78, 5) is 35.7. The van der Waals surface area contributed by atoms with E-state index in [0.717, 1.165) is 0 Å². The fourth-order valence-electron chi connectivity index (χ4n) is 2.41. The lowest BCUT2D eigenvalue weighted by molar-refractivity contribution is -0.140. The summed E-state index contributed by atoms with van der Waals surface area (Å²) in [5.41, 5.74) is 0.906. The van der Waals surface area contributed by atoms with Crippen molar-refractivity contribution in [1.82, 2.24) is 4.90 Å². The molecule has 2 aromatic carbocycles. The number of thioether (sulfide) groups is 1. The van der Waals surface area contributed by atoms with Crippen molar-refractivity contribution in [3.8, 4) is 5.75 Å². The Morgan fingerprint density at radius 1 is 1.15 bits per heavy atom. The Hall–Kier alpha value is -3.13. The van der Waals surface area contributed by atoms with Gasteiger partial charge in [0.25, 0.3) is 11.1 Å². The van der Waals surface area contributed by atoms with Crippen LogP contribution in [0.2, 0.25) is 0 Å². The number of carboxylic acids is 1. The minimum atomic E-state index is -1.27. The number of amides is 2. The van der Waals surface area contributed by atoms with E-state index in [2.05, 4.69) is 0 Å². The fourth-order valence-corrected chi connectivity index (χ4v) is 3.24. The number of nitrogens with zero attached hydrogens (tertiary/aromatic N) is 1. The van der Waals surface area contributed by atoms with Crippen molar-refractivity contribution >= 4 is 35.0 Å². The van der Waals surface area contributed by atoms with Gasteiger partial charge in [0.15, 0.2) is 0 Å². The predicted octanol–water partition coefficient (Wildman–Crippen LogP) is 3.53. The van der Waals surface area contributed by atoms with Crippen molar-refractivity contribution in [2.24, 2.45) is 0 Å². The number of carbonyl (C=O) groups excluding carboxylic acids is 2. The number of imide groups is 1. The molecule has 0 unspecified atom stereocenters. The molecule has 0 atom stereocenters. The summed E-state index contributed by atoms with van der Waals surface area (Å²) in [5.74, 6) is -1.92. The summed E-state index contributed by atoms with van der Waals surface area (Å²) in [6, 6.07) is 13.0. The maximum absolute atomic E-state index is 13.7. The zero-order chi connectivity index (χ0) is 19.4. The molecular formula is C19H14FNO5S. The lowest BCUT2D eigenvalue weighted by Crippen LogP contribution is -2.33. The molecule has 1 fully saturated rings. The van der Waals surface area contributed by atoms with Crippen molar-refractivity contribution in [1.29, 1.82) is 0 Å². The average Bonchev–Trinajstić information content (AvgIpc) is 2.89. The monoisotopic (exact) mass is 387 g/mol. The highest BCUT2D eigenvalue weighted by molar-refractivity contribution is 8.18. The van der Waals surface area contributed by atoms with Gasteiger partial charge in [-0.2, -0.15) is 0 Å². The van der Waals surface area contributed by atoms with Gasteiger partial charge in [-0.15, -0.1) is 0 Å². The summed E-state index contributed by atoms with van der Waals surface area (Å²) in [6.07, 6.45) is 1.46. The van der Waals surface area contributed by atoms with Gasteiger partial charge in [0.05, 0.1) is 4.91 Å². The molecule has 1 aliphatic heterocycles. The highest BCUT2D eigenvalue weighted by Crippen LogP contribution is 2.34. The van der Waals surface area contributed by atoms with Crippen LogP contribution in [-0.2, 0) is 16.2 Å². The lowest BCUT2D eigenvalue weighted by Gasteiger charge is -2.10. The van der Waals surface area contributed by atoms with Crippen molar-refractivity contribution < 1.29 is 28.6 Å². The van der Waals surface area contributed by atoms with Crippen LogP contribution >= 0.6 is 11.8 Å². The maximum atomic E-state index is 13.7. The molecule has 6 nitrogen and oxygen atoms in total. The first-order valence-electron chi connectivity index (χ1n) is 7.88. The van der Waals surface area contributed by atoms with Gasteiger partial charge in [-0.1, -0.05) is 36.4 Å². The number of carbonyl (C=O) groups is 3. The van der Waals surface area contributed by atoms with Gasteiger partial charge in [-0.25, -0.2) is 4.39 Å². The lowest BCUT2D eigenvalue weighted by atomic mass is 10.1. The van der Waals surface area contributed by atoms with Crippen molar-refractivity contribution in [3.05, 3.63) is 70.4 Å². The minimum absolute atomic E-state index is 0.00197. The molecule has 0 bridgehead atoms. The number of halogens is 1. The summed E-state index contributed by atoms with van der Waals surface area (Å²) in [5, 5.41) is 8.16. The van der Waals surface area contributed by atoms with Crippen LogP contribution in [0.25, 0.3) is 6.08 Å². The molecule has 0 aromatic heterocycles. The van der Waals surface area contributed by atoms with Crippen LogP contribution in [-0.4, -0.2) is 33.7 Å². The first kappa shape index (κ1) is 18.7. The van der Waals surface area contributed by atoms with E-state index in [-0.39, 0.29) is 17.3 Å². The Labute approximate surface area is 158 Å². The van der Waals surface area contributed by atoms with E-state index in [0.29, 0.717) is 33.5 Å². The largest absolute Gasteiger partial charge is 0.488 e. The van der Waals surface area contributed by atoms with E-state index in [1.807, 2.05) is 0 Å². The van der Waals surface area contributed by atoms with Crippen LogP contribution < -0.4 is 4.74 Å².